The van der Waals surface area contributed by atoms with Gasteiger partial charge in [-0.05, 0) is 42.8 Å². The van der Waals surface area contributed by atoms with E-state index in [9.17, 15) is 0 Å². The molecule has 0 bridgehead atoms. The van der Waals surface area contributed by atoms with Crippen LogP contribution in [0.25, 0.3) is 10.9 Å². The van der Waals surface area contributed by atoms with E-state index in [1.807, 2.05) is 6.07 Å². The van der Waals surface area contributed by atoms with Crippen molar-refractivity contribution in [1.29, 1.82) is 0 Å². The van der Waals surface area contributed by atoms with Gasteiger partial charge in [-0.3, -0.25) is 4.98 Å². The molecule has 0 aliphatic carbocycles. The number of benzene rings is 1. The van der Waals surface area contributed by atoms with E-state index in [1.165, 1.54) is 16.5 Å². The molecule has 1 aromatic carbocycles. The lowest BCUT2D eigenvalue weighted by atomic mass is 10.1. The van der Waals surface area contributed by atoms with Crippen molar-refractivity contribution in [1.82, 2.24) is 14.9 Å². The Labute approximate surface area is 125 Å². The van der Waals surface area contributed by atoms with E-state index in [4.69, 9.17) is 0 Å². The van der Waals surface area contributed by atoms with Crippen molar-refractivity contribution in [3.8, 4) is 0 Å². The van der Waals surface area contributed by atoms with Gasteiger partial charge >= 0.3 is 0 Å². The quantitative estimate of drug-likeness (QED) is 0.774. The second kappa shape index (κ2) is 6.10. The maximum atomic E-state index is 4.60. The molecule has 2 aromatic heterocycles. The molecule has 0 saturated heterocycles. The maximum absolute atomic E-state index is 4.60. The minimum absolute atomic E-state index is 0.885. The summed E-state index contributed by atoms with van der Waals surface area (Å²) in [6, 6.07) is 12.7. The minimum Gasteiger partial charge on any atom is -0.350 e. The number of aromatic nitrogens is 2. The van der Waals surface area contributed by atoms with Gasteiger partial charge in [0.25, 0.3) is 0 Å². The molecule has 0 amide bonds. The van der Waals surface area contributed by atoms with Crippen LogP contribution in [-0.4, -0.2) is 16.1 Å². The summed E-state index contributed by atoms with van der Waals surface area (Å²) in [5, 5.41) is 4.60. The fourth-order valence-electron chi connectivity index (χ4n) is 2.69. The number of hydrogen-bond donors (Lipinski definition) is 1. The van der Waals surface area contributed by atoms with E-state index in [0.29, 0.717) is 0 Å². The molecule has 0 unspecified atom stereocenters. The van der Waals surface area contributed by atoms with Gasteiger partial charge in [-0.2, -0.15) is 0 Å². The Balaban J connectivity index is 1.89. The number of rotatable bonds is 5. The van der Waals surface area contributed by atoms with Crippen molar-refractivity contribution in [2.75, 3.05) is 6.54 Å². The average Bonchev–Trinajstić information content (AvgIpc) is 2.92. The first kappa shape index (κ1) is 13.8. The van der Waals surface area contributed by atoms with Crippen molar-refractivity contribution in [3.63, 3.8) is 0 Å². The summed E-state index contributed by atoms with van der Waals surface area (Å²) >= 11 is 0. The number of nitrogens with one attached hydrogen (secondary N) is 1. The Morgan fingerprint density at radius 2 is 2.05 bits per heavy atom. The Bertz CT molecular complexity index is 743. The highest BCUT2D eigenvalue weighted by atomic mass is 14.9. The molecule has 0 radical (unpaired) electrons. The summed E-state index contributed by atoms with van der Waals surface area (Å²) in [5.74, 6) is 0. The van der Waals surface area contributed by atoms with Gasteiger partial charge in [0.2, 0.25) is 0 Å². The topological polar surface area (TPSA) is 29.9 Å². The SMILES string of the molecule is CCNCc1ccn(Cc2cc(C)nc3ccccc23)c1. The molecule has 0 aliphatic rings. The van der Waals surface area contributed by atoms with Gasteiger partial charge < -0.3 is 9.88 Å². The molecule has 0 saturated carbocycles. The van der Waals surface area contributed by atoms with Crippen LogP contribution >= 0.6 is 0 Å². The summed E-state index contributed by atoms with van der Waals surface area (Å²) in [7, 11) is 0. The molecule has 0 spiro atoms. The van der Waals surface area contributed by atoms with Crippen LogP contribution in [-0.2, 0) is 13.1 Å². The van der Waals surface area contributed by atoms with Crippen LogP contribution < -0.4 is 5.32 Å². The molecule has 3 aromatic rings. The van der Waals surface area contributed by atoms with Crippen molar-refractivity contribution in [2.45, 2.75) is 26.9 Å². The van der Waals surface area contributed by atoms with Gasteiger partial charge in [0.1, 0.15) is 0 Å². The number of fused-ring (bicyclic) bond motifs is 1. The van der Waals surface area contributed by atoms with Crippen LogP contribution in [0.5, 0.6) is 0 Å². The lowest BCUT2D eigenvalue weighted by Gasteiger charge is -2.09. The van der Waals surface area contributed by atoms with Crippen LogP contribution in [0.3, 0.4) is 0 Å². The first-order valence-corrected chi connectivity index (χ1v) is 7.47. The fraction of sp³-hybridized carbons (Fsp3) is 0.278. The normalized spacial score (nSPS) is 11.1. The molecule has 0 aliphatic heterocycles. The zero-order valence-corrected chi connectivity index (χ0v) is 12.6. The highest BCUT2D eigenvalue weighted by Crippen LogP contribution is 2.19. The van der Waals surface area contributed by atoms with Gasteiger partial charge in [0.05, 0.1) is 5.52 Å². The van der Waals surface area contributed by atoms with E-state index < -0.39 is 0 Å². The second-order valence-corrected chi connectivity index (χ2v) is 5.41. The zero-order valence-electron chi connectivity index (χ0n) is 12.6. The van der Waals surface area contributed by atoms with Crippen molar-refractivity contribution >= 4 is 10.9 Å². The van der Waals surface area contributed by atoms with Gasteiger partial charge in [-0.1, -0.05) is 25.1 Å². The van der Waals surface area contributed by atoms with Crippen molar-refractivity contribution < 1.29 is 0 Å². The molecule has 1 N–H and O–H groups in total. The summed E-state index contributed by atoms with van der Waals surface area (Å²) < 4.78 is 2.24. The molecule has 108 valence electrons. The predicted octanol–water partition coefficient (Wildman–Crippen LogP) is 3.50. The van der Waals surface area contributed by atoms with Gasteiger partial charge in [-0.15, -0.1) is 0 Å². The third-order valence-corrected chi connectivity index (χ3v) is 3.67. The van der Waals surface area contributed by atoms with Crippen LogP contribution in [0.1, 0.15) is 23.7 Å². The highest BCUT2D eigenvalue weighted by molar-refractivity contribution is 5.82. The lowest BCUT2D eigenvalue weighted by molar-refractivity contribution is 0.721. The lowest BCUT2D eigenvalue weighted by Crippen LogP contribution is -2.11. The van der Waals surface area contributed by atoms with E-state index in [0.717, 1.165) is 30.8 Å². The maximum Gasteiger partial charge on any atom is 0.0708 e. The number of nitrogens with zero attached hydrogens (tertiary/aromatic N) is 2. The van der Waals surface area contributed by atoms with E-state index in [1.54, 1.807) is 0 Å². The summed E-state index contributed by atoms with van der Waals surface area (Å²) in [6.07, 6.45) is 4.37. The van der Waals surface area contributed by atoms with Crippen molar-refractivity contribution in [3.05, 3.63) is 65.6 Å². The second-order valence-electron chi connectivity index (χ2n) is 5.41. The first-order chi connectivity index (χ1) is 10.3. The molecule has 3 nitrogen and oxygen atoms in total. The number of hydrogen-bond acceptors (Lipinski definition) is 2. The van der Waals surface area contributed by atoms with Crippen LogP contribution in [0, 0.1) is 6.92 Å². The fourth-order valence-corrected chi connectivity index (χ4v) is 2.69. The molecule has 3 rings (SSSR count). The Morgan fingerprint density at radius 3 is 2.90 bits per heavy atom. The monoisotopic (exact) mass is 279 g/mol. The zero-order chi connectivity index (χ0) is 14.7. The number of pyridine rings is 1. The molecular formula is C18H21N3. The molecule has 0 atom stereocenters. The molecular weight excluding hydrogens is 258 g/mol. The average molecular weight is 279 g/mol. The molecule has 2 heterocycles. The summed E-state index contributed by atoms with van der Waals surface area (Å²) in [4.78, 5) is 4.60. The molecule has 0 fully saturated rings. The summed E-state index contributed by atoms with van der Waals surface area (Å²) in [6.45, 7) is 7.00. The third-order valence-electron chi connectivity index (χ3n) is 3.67. The van der Waals surface area contributed by atoms with Crippen LogP contribution in [0.4, 0.5) is 0 Å². The number of para-hydroxylation sites is 1. The molecule has 21 heavy (non-hydrogen) atoms. The van der Waals surface area contributed by atoms with Gasteiger partial charge in [-0.25, -0.2) is 0 Å². The van der Waals surface area contributed by atoms with Crippen LogP contribution in [0.15, 0.2) is 48.8 Å². The smallest absolute Gasteiger partial charge is 0.0708 e. The van der Waals surface area contributed by atoms with E-state index >= 15 is 0 Å². The van der Waals surface area contributed by atoms with E-state index in [-0.39, 0.29) is 0 Å². The van der Waals surface area contributed by atoms with Gasteiger partial charge in [0.15, 0.2) is 0 Å². The summed E-state index contributed by atoms with van der Waals surface area (Å²) in [5.41, 5.74) is 4.80. The largest absolute Gasteiger partial charge is 0.350 e. The Hall–Kier alpha value is -2.13. The van der Waals surface area contributed by atoms with Gasteiger partial charge in [0, 0.05) is 36.6 Å². The third kappa shape index (κ3) is 3.14. The van der Waals surface area contributed by atoms with Crippen LogP contribution in [0.2, 0.25) is 0 Å². The Morgan fingerprint density at radius 1 is 1.19 bits per heavy atom. The van der Waals surface area contributed by atoms with Crippen molar-refractivity contribution in [2.24, 2.45) is 0 Å². The first-order valence-electron chi connectivity index (χ1n) is 7.47. The Kier molecular flexibility index (Phi) is 4.02. The minimum atomic E-state index is 0.885. The predicted molar refractivity (Wildman–Crippen MR) is 87.4 cm³/mol. The number of aryl methyl sites for hydroxylation is 1. The highest BCUT2D eigenvalue weighted by Gasteiger charge is 2.05. The molecule has 3 heteroatoms. The standard InChI is InChI=1S/C18H21N3/c1-3-19-11-15-8-9-21(12-15)13-16-10-14(2)20-18-7-5-4-6-17(16)18/h4-10,12,19H,3,11,13H2,1-2H3. The van der Waals surface area contributed by atoms with E-state index in [2.05, 4.69) is 71.4 Å².